The molecule has 4 aromatic carbocycles. The lowest BCUT2D eigenvalue weighted by Gasteiger charge is -2.27. The van der Waals surface area contributed by atoms with E-state index in [0.717, 1.165) is 21.2 Å². The van der Waals surface area contributed by atoms with Crippen LogP contribution in [-0.2, 0) is 18.7 Å². The highest BCUT2D eigenvalue weighted by Crippen LogP contribution is 2.58. The molecule has 4 nitrogen and oxygen atoms in total. The summed E-state index contributed by atoms with van der Waals surface area (Å²) in [5, 5.41) is 3.16. The number of esters is 1. The molecule has 0 radical (unpaired) electrons. The number of ether oxygens (including phenoxy) is 1. The summed E-state index contributed by atoms with van der Waals surface area (Å²) in [7, 11) is -6.14. The third-order valence-corrected chi connectivity index (χ3v) is 14.4. The number of rotatable bonds is 8. The predicted octanol–water partition coefficient (Wildman–Crippen LogP) is 5.72. The average Bonchev–Trinajstić information content (AvgIpc) is 3.35. The van der Waals surface area contributed by atoms with Gasteiger partial charge in [0.25, 0.3) is 0 Å². The Hall–Kier alpha value is -3.19. The van der Waals surface area contributed by atoms with Gasteiger partial charge in [-0.1, -0.05) is 121 Å². The molecule has 3 atom stereocenters. The van der Waals surface area contributed by atoms with Crippen LogP contribution in [0.2, 0.25) is 0 Å². The van der Waals surface area contributed by atoms with E-state index in [2.05, 4.69) is 0 Å². The second kappa shape index (κ2) is 11.3. The van der Waals surface area contributed by atoms with Crippen LogP contribution in [0.5, 0.6) is 0 Å². The van der Waals surface area contributed by atoms with Crippen LogP contribution in [0.1, 0.15) is 19.8 Å². The quantitative estimate of drug-likeness (QED) is 0.211. The molecule has 5 rings (SSSR count). The van der Waals surface area contributed by atoms with Gasteiger partial charge in [-0.25, -0.2) is 0 Å². The fourth-order valence-electron chi connectivity index (χ4n) is 5.80. The molecule has 1 aliphatic rings. The van der Waals surface area contributed by atoms with E-state index < -0.39 is 20.4 Å². The summed E-state index contributed by atoms with van der Waals surface area (Å²) in [5.74, 6) is -0.569. The van der Waals surface area contributed by atoms with Crippen molar-refractivity contribution in [1.82, 2.24) is 0 Å². The van der Waals surface area contributed by atoms with Crippen molar-refractivity contribution in [3.63, 3.8) is 0 Å². The minimum absolute atomic E-state index is 0.198. The third kappa shape index (κ3) is 5.21. The van der Waals surface area contributed by atoms with Crippen molar-refractivity contribution in [1.29, 1.82) is 0 Å². The van der Waals surface area contributed by atoms with Crippen molar-refractivity contribution >= 4 is 41.5 Å². The zero-order valence-corrected chi connectivity index (χ0v) is 23.2. The van der Waals surface area contributed by atoms with E-state index >= 15 is 4.57 Å². The number of carbonyl (C=O) groups is 1. The second-order valence-corrected chi connectivity index (χ2v) is 15.9. The van der Waals surface area contributed by atoms with Crippen LogP contribution in [0.15, 0.2) is 121 Å². The number of hydrogen-bond acceptors (Lipinski definition) is 4. The van der Waals surface area contributed by atoms with Gasteiger partial charge in [0, 0.05) is 45.9 Å². The van der Waals surface area contributed by atoms with E-state index in [4.69, 9.17) is 4.74 Å². The Morgan fingerprint density at radius 2 is 1.05 bits per heavy atom. The van der Waals surface area contributed by atoms with Crippen LogP contribution in [-0.4, -0.2) is 23.9 Å². The average molecular weight is 543 g/mol. The van der Waals surface area contributed by atoms with Crippen molar-refractivity contribution < 1.29 is 18.7 Å². The highest BCUT2D eigenvalue weighted by molar-refractivity contribution is 7.79. The zero-order chi connectivity index (χ0) is 26.6. The van der Waals surface area contributed by atoms with Crippen molar-refractivity contribution in [3.8, 4) is 0 Å². The van der Waals surface area contributed by atoms with E-state index in [1.54, 1.807) is 0 Å². The topological polar surface area (TPSA) is 60.4 Å². The summed E-state index contributed by atoms with van der Waals surface area (Å²) < 4.78 is 35.8. The highest BCUT2D eigenvalue weighted by atomic mass is 31.2. The van der Waals surface area contributed by atoms with Crippen LogP contribution in [0.3, 0.4) is 0 Å². The van der Waals surface area contributed by atoms with E-state index in [1.165, 1.54) is 6.92 Å². The van der Waals surface area contributed by atoms with Crippen LogP contribution in [0.4, 0.5) is 0 Å². The van der Waals surface area contributed by atoms with Gasteiger partial charge in [-0.15, -0.1) is 0 Å². The standard InChI is InChI=1S/C32H32O4P2/c1-25(33)36-32-23-31(38(35,29-18-10-4-11-19-29)30-20-12-5-13-21-30)22-26(32)24-37(34,27-14-6-2-7-15-27)28-16-8-3-9-17-28/h2-21,26,31-32H,22-24H2,1H3/t26-,31-,32+/m1/s1. The van der Waals surface area contributed by atoms with Gasteiger partial charge in [0.2, 0.25) is 0 Å². The molecule has 1 aliphatic carbocycles. The molecule has 1 saturated carbocycles. The maximum absolute atomic E-state index is 15.1. The molecule has 0 aliphatic heterocycles. The Kier molecular flexibility index (Phi) is 7.84. The molecule has 1 fully saturated rings. The molecule has 4 aromatic rings. The molecule has 38 heavy (non-hydrogen) atoms. The van der Waals surface area contributed by atoms with Gasteiger partial charge < -0.3 is 13.9 Å². The predicted molar refractivity (Wildman–Crippen MR) is 156 cm³/mol. The molecular formula is C32H32O4P2. The Bertz CT molecular complexity index is 1370. The van der Waals surface area contributed by atoms with E-state index in [9.17, 15) is 9.36 Å². The summed E-state index contributed by atoms with van der Waals surface area (Å²) >= 11 is 0. The molecule has 0 heterocycles. The van der Waals surface area contributed by atoms with E-state index in [0.29, 0.717) is 19.0 Å². The first-order valence-corrected chi connectivity index (χ1v) is 16.7. The monoisotopic (exact) mass is 542 g/mol. The Balaban J connectivity index is 1.57. The lowest BCUT2D eigenvalue weighted by Crippen LogP contribution is -2.28. The fraction of sp³-hybridized carbons (Fsp3) is 0.219. The van der Waals surface area contributed by atoms with Gasteiger partial charge in [-0.3, -0.25) is 4.79 Å². The van der Waals surface area contributed by atoms with Crippen LogP contribution in [0, 0.1) is 5.92 Å². The van der Waals surface area contributed by atoms with Gasteiger partial charge in [0.1, 0.15) is 20.4 Å². The summed E-state index contributed by atoms with van der Waals surface area (Å²) in [6, 6.07) is 38.4. The first kappa shape index (κ1) is 26.4. The van der Waals surface area contributed by atoms with Crippen molar-refractivity contribution in [2.45, 2.75) is 31.5 Å². The van der Waals surface area contributed by atoms with E-state index in [1.807, 2.05) is 121 Å². The maximum atomic E-state index is 15.1. The van der Waals surface area contributed by atoms with Crippen LogP contribution >= 0.6 is 14.3 Å². The minimum Gasteiger partial charge on any atom is -0.462 e. The first-order chi connectivity index (χ1) is 18.4. The highest BCUT2D eigenvalue weighted by Gasteiger charge is 2.48. The Labute approximate surface area is 224 Å². The largest absolute Gasteiger partial charge is 0.462 e. The third-order valence-electron chi connectivity index (χ3n) is 7.55. The van der Waals surface area contributed by atoms with Gasteiger partial charge in [-0.05, 0) is 12.8 Å². The number of hydrogen-bond donors (Lipinski definition) is 0. The smallest absolute Gasteiger partial charge is 0.302 e. The van der Waals surface area contributed by atoms with Crippen LogP contribution < -0.4 is 21.2 Å². The van der Waals surface area contributed by atoms with Crippen LogP contribution in [0.25, 0.3) is 0 Å². The normalized spacial score (nSPS) is 19.7. The lowest BCUT2D eigenvalue weighted by molar-refractivity contribution is -0.147. The van der Waals surface area contributed by atoms with Gasteiger partial charge >= 0.3 is 5.97 Å². The van der Waals surface area contributed by atoms with Crippen molar-refractivity contribution in [2.24, 2.45) is 5.92 Å². The molecule has 194 valence electrons. The first-order valence-electron chi connectivity index (χ1n) is 13.0. The molecule has 0 unspecified atom stereocenters. The molecule has 6 heteroatoms. The Morgan fingerprint density at radius 1 is 0.658 bits per heavy atom. The zero-order valence-electron chi connectivity index (χ0n) is 21.4. The summed E-state index contributed by atoms with van der Waals surface area (Å²) in [4.78, 5) is 12.2. The maximum Gasteiger partial charge on any atom is 0.302 e. The lowest BCUT2D eigenvalue weighted by atomic mass is 10.1. The molecular weight excluding hydrogens is 510 g/mol. The SMILES string of the molecule is CC(=O)O[C@H]1C[C@H](P(=O)(c2ccccc2)c2ccccc2)C[C@@H]1CP(=O)(c1ccccc1)c1ccccc1. The molecule has 0 saturated heterocycles. The minimum atomic E-state index is -3.08. The summed E-state index contributed by atoms with van der Waals surface area (Å²) in [5.41, 5.74) is -0.235. The van der Waals surface area contributed by atoms with E-state index in [-0.39, 0.29) is 17.5 Å². The molecule has 0 N–H and O–H groups in total. The molecule has 0 spiro atoms. The summed E-state index contributed by atoms with van der Waals surface area (Å²) in [6.07, 6.45) is 0.912. The molecule has 0 bridgehead atoms. The van der Waals surface area contributed by atoms with Crippen molar-refractivity contribution in [3.05, 3.63) is 121 Å². The number of benzene rings is 4. The van der Waals surface area contributed by atoms with Gasteiger partial charge in [0.05, 0.1) is 0 Å². The molecule has 0 aromatic heterocycles. The second-order valence-electron chi connectivity index (χ2n) is 9.96. The van der Waals surface area contributed by atoms with Gasteiger partial charge in [-0.2, -0.15) is 0 Å². The Morgan fingerprint density at radius 3 is 1.45 bits per heavy atom. The molecule has 0 amide bonds. The summed E-state index contributed by atoms with van der Waals surface area (Å²) in [6.45, 7) is 1.41. The van der Waals surface area contributed by atoms with Crippen molar-refractivity contribution in [2.75, 3.05) is 6.16 Å². The number of carbonyl (C=O) groups excluding carboxylic acids is 1. The van der Waals surface area contributed by atoms with Gasteiger partial charge in [0.15, 0.2) is 0 Å². The fourth-order valence-corrected chi connectivity index (χ4v) is 12.3.